The molecule has 6 heteroatoms. The number of amides is 1. The highest BCUT2D eigenvalue weighted by Crippen LogP contribution is 2.28. The maximum atomic E-state index is 12.8. The molecule has 0 spiro atoms. The Kier molecular flexibility index (Phi) is 4.26. The van der Waals surface area contributed by atoms with Gasteiger partial charge in [0.15, 0.2) is 0 Å². The second-order valence-electron chi connectivity index (χ2n) is 6.89. The van der Waals surface area contributed by atoms with Gasteiger partial charge in [-0.1, -0.05) is 23.7 Å². The molecule has 0 saturated carbocycles. The second kappa shape index (κ2) is 6.93. The van der Waals surface area contributed by atoms with Crippen LogP contribution in [0.3, 0.4) is 0 Å². The van der Waals surface area contributed by atoms with Gasteiger partial charge in [-0.15, -0.1) is 0 Å². The molecule has 0 aliphatic carbocycles. The number of aromatic amines is 1. The topological polar surface area (TPSA) is 58.2 Å². The standard InChI is InChI=1S/C22H18ClN3O2/c23-16-4-1-14(2-5-16)18-7-8-19-21(25-18)17-6-3-15(13-20(17)24-19)22(27)26-9-11-28-12-10-26/h1-8,13,24H,9-12H2. The number of nitrogens with zero attached hydrogens (tertiary/aromatic N) is 2. The molecule has 1 amide bonds. The quantitative estimate of drug-likeness (QED) is 0.547. The van der Waals surface area contributed by atoms with Gasteiger partial charge in [-0.25, -0.2) is 4.98 Å². The molecule has 1 aliphatic heterocycles. The summed E-state index contributed by atoms with van der Waals surface area (Å²) < 4.78 is 5.33. The Labute approximate surface area is 166 Å². The number of rotatable bonds is 2. The first-order chi connectivity index (χ1) is 13.7. The number of nitrogens with one attached hydrogen (secondary N) is 1. The normalized spacial score (nSPS) is 14.7. The lowest BCUT2D eigenvalue weighted by Gasteiger charge is -2.26. The zero-order chi connectivity index (χ0) is 19.1. The number of H-pyrrole nitrogens is 1. The molecule has 4 aromatic rings. The number of aromatic nitrogens is 2. The predicted octanol–water partition coefficient (Wildman–Crippen LogP) is 4.51. The van der Waals surface area contributed by atoms with Crippen molar-refractivity contribution in [3.8, 4) is 11.3 Å². The summed E-state index contributed by atoms with van der Waals surface area (Å²) in [5.74, 6) is 0.0404. The first-order valence-corrected chi connectivity index (χ1v) is 9.62. The zero-order valence-corrected chi connectivity index (χ0v) is 15.9. The lowest BCUT2D eigenvalue weighted by molar-refractivity contribution is 0.0303. The first-order valence-electron chi connectivity index (χ1n) is 9.24. The highest BCUT2D eigenvalue weighted by Gasteiger charge is 2.19. The van der Waals surface area contributed by atoms with Crippen molar-refractivity contribution in [2.45, 2.75) is 0 Å². The highest BCUT2D eigenvalue weighted by molar-refractivity contribution is 6.30. The van der Waals surface area contributed by atoms with Gasteiger partial charge in [0.2, 0.25) is 0 Å². The molecule has 2 aromatic heterocycles. The number of carbonyl (C=O) groups is 1. The number of carbonyl (C=O) groups excluding carboxylic acids is 1. The fourth-order valence-electron chi connectivity index (χ4n) is 3.63. The van der Waals surface area contributed by atoms with Crippen LogP contribution in [0.2, 0.25) is 5.02 Å². The molecule has 2 aromatic carbocycles. The van der Waals surface area contributed by atoms with Gasteiger partial charge in [-0.05, 0) is 42.5 Å². The summed E-state index contributed by atoms with van der Waals surface area (Å²) >= 11 is 5.99. The molecule has 1 saturated heterocycles. The minimum Gasteiger partial charge on any atom is -0.378 e. The number of fused-ring (bicyclic) bond motifs is 3. The Balaban J connectivity index is 1.54. The third-order valence-electron chi connectivity index (χ3n) is 5.12. The molecule has 1 N–H and O–H groups in total. The van der Waals surface area contributed by atoms with Crippen LogP contribution in [-0.2, 0) is 4.74 Å². The first kappa shape index (κ1) is 17.2. The Hall–Kier alpha value is -2.89. The van der Waals surface area contributed by atoms with E-state index in [1.54, 1.807) is 0 Å². The van der Waals surface area contributed by atoms with E-state index < -0.39 is 0 Å². The summed E-state index contributed by atoms with van der Waals surface area (Å²) in [6.07, 6.45) is 0. The average molecular weight is 392 g/mol. The molecule has 1 fully saturated rings. The third kappa shape index (κ3) is 3.03. The van der Waals surface area contributed by atoms with Crippen LogP contribution in [-0.4, -0.2) is 47.1 Å². The fourth-order valence-corrected chi connectivity index (χ4v) is 3.75. The number of halogens is 1. The molecule has 140 valence electrons. The van der Waals surface area contributed by atoms with Crippen molar-refractivity contribution in [3.05, 3.63) is 65.2 Å². The molecule has 1 aliphatic rings. The van der Waals surface area contributed by atoms with Gasteiger partial charge in [0.25, 0.3) is 5.91 Å². The van der Waals surface area contributed by atoms with Crippen LogP contribution < -0.4 is 0 Å². The van der Waals surface area contributed by atoms with Crippen LogP contribution >= 0.6 is 11.6 Å². The Morgan fingerprint density at radius 1 is 1.00 bits per heavy atom. The second-order valence-corrected chi connectivity index (χ2v) is 7.33. The monoisotopic (exact) mass is 391 g/mol. The van der Waals surface area contributed by atoms with Crippen molar-refractivity contribution >= 4 is 39.4 Å². The minimum absolute atomic E-state index is 0.0404. The molecule has 28 heavy (non-hydrogen) atoms. The van der Waals surface area contributed by atoms with Gasteiger partial charge in [0.05, 0.1) is 29.9 Å². The molecule has 5 nitrogen and oxygen atoms in total. The van der Waals surface area contributed by atoms with Gasteiger partial charge < -0.3 is 14.6 Å². The highest BCUT2D eigenvalue weighted by atomic mass is 35.5. The van der Waals surface area contributed by atoms with Crippen molar-refractivity contribution < 1.29 is 9.53 Å². The Morgan fingerprint density at radius 2 is 1.79 bits per heavy atom. The van der Waals surface area contributed by atoms with Crippen LogP contribution in [0.15, 0.2) is 54.6 Å². The molecule has 0 radical (unpaired) electrons. The van der Waals surface area contributed by atoms with E-state index in [-0.39, 0.29) is 5.91 Å². The van der Waals surface area contributed by atoms with E-state index in [2.05, 4.69) is 4.98 Å². The summed E-state index contributed by atoms with van der Waals surface area (Å²) in [5.41, 5.74) is 5.34. The summed E-state index contributed by atoms with van der Waals surface area (Å²) in [6, 6.07) is 17.4. The molecule has 0 unspecified atom stereocenters. The molecule has 0 atom stereocenters. The summed E-state index contributed by atoms with van der Waals surface area (Å²) in [5, 5.41) is 1.71. The van der Waals surface area contributed by atoms with Crippen molar-refractivity contribution in [1.82, 2.24) is 14.9 Å². The summed E-state index contributed by atoms with van der Waals surface area (Å²) in [6.45, 7) is 2.46. The van der Waals surface area contributed by atoms with Crippen molar-refractivity contribution in [1.29, 1.82) is 0 Å². The van der Waals surface area contributed by atoms with Crippen LogP contribution in [0.5, 0.6) is 0 Å². The predicted molar refractivity (Wildman–Crippen MR) is 111 cm³/mol. The van der Waals surface area contributed by atoms with Crippen molar-refractivity contribution in [3.63, 3.8) is 0 Å². The van der Waals surface area contributed by atoms with Gasteiger partial charge in [-0.3, -0.25) is 4.79 Å². The number of pyridine rings is 1. The largest absolute Gasteiger partial charge is 0.378 e. The number of hydrogen-bond donors (Lipinski definition) is 1. The lowest BCUT2D eigenvalue weighted by atomic mass is 10.1. The van der Waals surface area contributed by atoms with E-state index in [9.17, 15) is 4.79 Å². The zero-order valence-electron chi connectivity index (χ0n) is 15.1. The number of hydrogen-bond acceptors (Lipinski definition) is 3. The third-order valence-corrected chi connectivity index (χ3v) is 5.38. The summed E-state index contributed by atoms with van der Waals surface area (Å²) in [4.78, 5) is 22.8. The lowest BCUT2D eigenvalue weighted by Crippen LogP contribution is -2.40. The van der Waals surface area contributed by atoms with Crippen LogP contribution in [0.4, 0.5) is 0 Å². The van der Waals surface area contributed by atoms with Gasteiger partial charge >= 0.3 is 0 Å². The maximum Gasteiger partial charge on any atom is 0.254 e. The van der Waals surface area contributed by atoms with E-state index in [0.29, 0.717) is 36.9 Å². The molecular weight excluding hydrogens is 374 g/mol. The van der Waals surface area contributed by atoms with E-state index in [1.807, 2.05) is 59.5 Å². The minimum atomic E-state index is 0.0404. The molecule has 5 rings (SSSR count). The van der Waals surface area contributed by atoms with E-state index in [4.69, 9.17) is 21.3 Å². The maximum absolute atomic E-state index is 12.8. The molecular formula is C22H18ClN3O2. The number of morpholine rings is 1. The molecule has 0 bridgehead atoms. The number of ether oxygens (including phenoxy) is 1. The van der Waals surface area contributed by atoms with E-state index >= 15 is 0 Å². The number of benzene rings is 2. The van der Waals surface area contributed by atoms with Gasteiger partial charge in [0, 0.05) is 40.1 Å². The fraction of sp³-hybridized carbons (Fsp3) is 0.182. The smallest absolute Gasteiger partial charge is 0.254 e. The Bertz CT molecular complexity index is 1180. The molecule has 3 heterocycles. The van der Waals surface area contributed by atoms with Crippen LogP contribution in [0.1, 0.15) is 10.4 Å². The van der Waals surface area contributed by atoms with Crippen molar-refractivity contribution in [2.75, 3.05) is 26.3 Å². The van der Waals surface area contributed by atoms with Gasteiger partial charge in [-0.2, -0.15) is 0 Å². The van der Waals surface area contributed by atoms with E-state index in [1.165, 1.54) is 0 Å². The van der Waals surface area contributed by atoms with Crippen LogP contribution in [0, 0.1) is 0 Å². The van der Waals surface area contributed by atoms with Crippen molar-refractivity contribution in [2.24, 2.45) is 0 Å². The summed E-state index contributed by atoms with van der Waals surface area (Å²) in [7, 11) is 0. The average Bonchev–Trinajstić information content (AvgIpc) is 3.11. The SMILES string of the molecule is O=C(c1ccc2c(c1)[nH]c1ccc(-c3ccc(Cl)cc3)nc12)N1CCOCC1. The van der Waals surface area contributed by atoms with Crippen LogP contribution in [0.25, 0.3) is 33.2 Å². The Morgan fingerprint density at radius 3 is 2.57 bits per heavy atom. The van der Waals surface area contributed by atoms with E-state index in [0.717, 1.165) is 33.2 Å². The van der Waals surface area contributed by atoms with Gasteiger partial charge in [0.1, 0.15) is 0 Å².